The number of rotatable bonds is 8. The molecule has 1 aliphatic heterocycles. The van der Waals surface area contributed by atoms with Gasteiger partial charge in [-0.2, -0.15) is 0 Å². The standard InChI is InChI=1S/C61H48N4S.C13H14/c1-39-32-40(2)34-50(33-39)64-57-18-9-7-16-51(57)53-37-47(25-28-58(53)64)46-24-27-56(41(3)35-46)65(49-26-29-60-54(38-49)52-17-8-10-19-59(52)66-60)61-62-31-30-55(63-61)48-15-11-14-45(36-48)44-22-20-43(21-23-44)42-12-5-4-6-13-42;1-9-10(2)13(3,4)12-8-6-5-7-11(9)12/h4-38,55,61-63H,1-3H3;5-8H,1-2H2,3-4H3. The zero-order valence-electron chi connectivity index (χ0n) is 45.4. The average molecular weight is 1040 g/mol. The third kappa shape index (κ3) is 9.05. The Kier molecular flexibility index (Phi) is 12.6. The molecular weight excluding hydrogens is 977 g/mol. The fourth-order valence-electron chi connectivity index (χ4n) is 12.2. The van der Waals surface area contributed by atoms with Crippen LogP contribution in [0.25, 0.3) is 86.6 Å². The van der Waals surface area contributed by atoms with Crippen LogP contribution in [0.15, 0.2) is 255 Å². The highest BCUT2D eigenvalue weighted by atomic mass is 32.1. The molecule has 0 amide bonds. The number of aromatic nitrogens is 1. The van der Waals surface area contributed by atoms with E-state index in [4.69, 9.17) is 0 Å². The van der Waals surface area contributed by atoms with E-state index in [1.54, 1.807) is 0 Å². The van der Waals surface area contributed by atoms with Crippen LogP contribution in [0.4, 0.5) is 11.4 Å². The summed E-state index contributed by atoms with van der Waals surface area (Å²) in [7, 11) is 0. The van der Waals surface area contributed by atoms with E-state index in [1.165, 1.54) is 114 Å². The topological polar surface area (TPSA) is 32.2 Å². The van der Waals surface area contributed by atoms with Gasteiger partial charge < -0.3 is 14.8 Å². The van der Waals surface area contributed by atoms with Crippen molar-refractivity contribution in [3.8, 4) is 39.1 Å². The second-order valence-corrected chi connectivity index (χ2v) is 22.9. The Bertz CT molecular complexity index is 4360. The number of benzene rings is 10. The summed E-state index contributed by atoms with van der Waals surface area (Å²) in [6.07, 6.45) is 4.10. The van der Waals surface area contributed by atoms with Crippen molar-refractivity contribution in [2.75, 3.05) is 4.90 Å². The van der Waals surface area contributed by atoms with Gasteiger partial charge in [0.2, 0.25) is 0 Å². The molecule has 0 fully saturated rings. The minimum Gasteiger partial charge on any atom is -0.359 e. The van der Waals surface area contributed by atoms with Gasteiger partial charge >= 0.3 is 0 Å². The lowest BCUT2D eigenvalue weighted by Gasteiger charge is -2.39. The molecule has 5 heteroatoms. The molecule has 2 unspecified atom stereocenters. The summed E-state index contributed by atoms with van der Waals surface area (Å²) < 4.78 is 5.01. The van der Waals surface area contributed by atoms with Crippen molar-refractivity contribution in [3.05, 3.63) is 289 Å². The average Bonchev–Trinajstić information content (AvgIpc) is 4.32. The molecule has 0 saturated heterocycles. The number of hydrogen-bond acceptors (Lipinski definition) is 4. The fourth-order valence-corrected chi connectivity index (χ4v) is 13.3. The molecule has 2 aliphatic rings. The van der Waals surface area contributed by atoms with E-state index in [0.717, 1.165) is 22.5 Å². The van der Waals surface area contributed by atoms with Crippen molar-refractivity contribution >= 4 is 70.3 Å². The van der Waals surface area contributed by atoms with Crippen molar-refractivity contribution in [2.24, 2.45) is 0 Å². The number of anilines is 2. The van der Waals surface area contributed by atoms with Gasteiger partial charge in [0.15, 0.2) is 6.29 Å². The molecule has 384 valence electrons. The van der Waals surface area contributed by atoms with E-state index < -0.39 is 0 Å². The Morgan fingerprint density at radius 1 is 0.506 bits per heavy atom. The van der Waals surface area contributed by atoms with Gasteiger partial charge in [-0.1, -0.05) is 179 Å². The van der Waals surface area contributed by atoms with E-state index in [-0.39, 0.29) is 17.7 Å². The van der Waals surface area contributed by atoms with Crippen molar-refractivity contribution < 1.29 is 0 Å². The molecule has 10 aromatic carbocycles. The zero-order valence-corrected chi connectivity index (χ0v) is 46.2. The number of nitrogens with zero attached hydrogens (tertiary/aromatic N) is 2. The van der Waals surface area contributed by atoms with E-state index in [2.05, 4.69) is 305 Å². The van der Waals surface area contributed by atoms with Gasteiger partial charge in [-0.25, -0.2) is 0 Å². The molecule has 0 radical (unpaired) electrons. The van der Waals surface area contributed by atoms with Crippen molar-refractivity contribution in [1.29, 1.82) is 0 Å². The van der Waals surface area contributed by atoms with Gasteiger partial charge in [-0.15, -0.1) is 11.3 Å². The predicted octanol–water partition coefficient (Wildman–Crippen LogP) is 19.5. The minimum atomic E-state index is -0.242. The van der Waals surface area contributed by atoms with Gasteiger partial charge in [0.05, 0.1) is 17.1 Å². The van der Waals surface area contributed by atoms with Gasteiger partial charge in [0.25, 0.3) is 0 Å². The molecule has 2 N–H and O–H groups in total. The molecule has 2 aromatic heterocycles. The first-order valence-electron chi connectivity index (χ1n) is 27.3. The molecule has 14 rings (SSSR count). The van der Waals surface area contributed by atoms with E-state index in [1.807, 2.05) is 11.3 Å². The summed E-state index contributed by atoms with van der Waals surface area (Å²) in [5.41, 5.74) is 23.0. The third-order valence-corrected chi connectivity index (χ3v) is 17.5. The summed E-state index contributed by atoms with van der Waals surface area (Å²) >= 11 is 1.85. The van der Waals surface area contributed by atoms with Gasteiger partial charge in [-0.05, 0) is 184 Å². The predicted molar refractivity (Wildman–Crippen MR) is 339 cm³/mol. The quantitative estimate of drug-likeness (QED) is 0.159. The van der Waals surface area contributed by atoms with E-state index >= 15 is 0 Å². The van der Waals surface area contributed by atoms with Gasteiger partial charge in [-0.3, -0.25) is 5.32 Å². The molecule has 12 aromatic rings. The largest absolute Gasteiger partial charge is 0.359 e. The smallest absolute Gasteiger partial charge is 0.160 e. The van der Waals surface area contributed by atoms with Gasteiger partial charge in [0.1, 0.15) is 0 Å². The van der Waals surface area contributed by atoms with Crippen LogP contribution in [0.5, 0.6) is 0 Å². The highest BCUT2D eigenvalue weighted by molar-refractivity contribution is 7.25. The molecule has 3 heterocycles. The zero-order chi connectivity index (χ0) is 53.9. The summed E-state index contributed by atoms with van der Waals surface area (Å²) in [5, 5.41) is 12.8. The maximum absolute atomic E-state index is 4.10. The fraction of sp³-hybridized carbons (Fsp3) is 0.108. The van der Waals surface area contributed by atoms with Crippen LogP contribution in [0.1, 0.15) is 53.3 Å². The number of fused-ring (bicyclic) bond motifs is 7. The molecule has 0 bridgehead atoms. The SMILES string of the molecule is C=C1C(=C)C(C)(C)c2ccccc21.Cc1cc(C)cc(-n2c3ccccc3c3cc(-c4ccc(N(c5ccc6sc7ccccc7c6c5)C5NC=CC(c6cccc(-c7ccc(-c8ccccc8)cc7)c6)N5)c(C)c4)ccc32)c1. The first kappa shape index (κ1) is 49.6. The number of hydrogen-bond donors (Lipinski definition) is 2. The van der Waals surface area contributed by atoms with Crippen molar-refractivity contribution in [3.63, 3.8) is 0 Å². The Morgan fingerprint density at radius 2 is 1.13 bits per heavy atom. The van der Waals surface area contributed by atoms with E-state index in [0.29, 0.717) is 0 Å². The number of thiophene rings is 1. The van der Waals surface area contributed by atoms with Crippen LogP contribution in [-0.4, -0.2) is 10.9 Å². The lowest BCUT2D eigenvalue weighted by Crippen LogP contribution is -2.54. The minimum absolute atomic E-state index is 0.0230. The lowest BCUT2D eigenvalue weighted by atomic mass is 9.83. The van der Waals surface area contributed by atoms with Crippen molar-refractivity contribution in [2.45, 2.75) is 52.4 Å². The first-order chi connectivity index (χ1) is 38.5. The second-order valence-electron chi connectivity index (χ2n) is 21.8. The Morgan fingerprint density at radius 3 is 1.91 bits per heavy atom. The summed E-state index contributed by atoms with van der Waals surface area (Å²) in [6.45, 7) is 19.2. The second kappa shape index (κ2) is 20.1. The van der Waals surface area contributed by atoms with Crippen molar-refractivity contribution in [1.82, 2.24) is 15.2 Å². The number of nitrogens with one attached hydrogen (secondary N) is 2. The Balaban J connectivity index is 0.000000399. The van der Waals surface area contributed by atoms with Crippen LogP contribution in [-0.2, 0) is 5.41 Å². The molecule has 0 spiro atoms. The first-order valence-corrected chi connectivity index (χ1v) is 28.1. The monoisotopic (exact) mass is 1040 g/mol. The molecular formula is C74H62N4S. The van der Waals surface area contributed by atoms with E-state index in [9.17, 15) is 0 Å². The van der Waals surface area contributed by atoms with Crippen LogP contribution >= 0.6 is 11.3 Å². The van der Waals surface area contributed by atoms with Crippen LogP contribution in [0.3, 0.4) is 0 Å². The maximum Gasteiger partial charge on any atom is 0.160 e. The Labute approximate surface area is 468 Å². The Hall–Kier alpha value is -9.00. The van der Waals surface area contributed by atoms with Gasteiger partial charge in [0, 0.05) is 53.4 Å². The molecule has 4 nitrogen and oxygen atoms in total. The third-order valence-electron chi connectivity index (χ3n) is 16.3. The van der Waals surface area contributed by atoms with Crippen LogP contribution in [0, 0.1) is 20.8 Å². The highest BCUT2D eigenvalue weighted by Crippen LogP contribution is 2.48. The van der Waals surface area contributed by atoms with Crippen LogP contribution in [0.2, 0.25) is 0 Å². The summed E-state index contributed by atoms with van der Waals surface area (Å²) in [6, 6.07) is 82.0. The number of aryl methyl sites for hydroxylation is 3. The molecule has 79 heavy (non-hydrogen) atoms. The summed E-state index contributed by atoms with van der Waals surface area (Å²) in [4.78, 5) is 2.44. The molecule has 0 saturated carbocycles. The lowest BCUT2D eigenvalue weighted by molar-refractivity contribution is 0.424. The van der Waals surface area contributed by atoms with Crippen LogP contribution < -0.4 is 15.5 Å². The number of para-hydroxylation sites is 1. The highest BCUT2D eigenvalue weighted by Gasteiger charge is 2.35. The normalized spacial score (nSPS) is 15.6. The summed E-state index contributed by atoms with van der Waals surface area (Å²) in [5.74, 6) is 0. The molecule has 1 aliphatic carbocycles. The maximum atomic E-state index is 4.10. The number of allylic oxidation sites excluding steroid dienone is 2. The molecule has 2 atom stereocenters.